The summed E-state index contributed by atoms with van der Waals surface area (Å²) in [6, 6.07) is 22.4. The largest absolute Gasteiger partial charge is 0.481 e. The Morgan fingerprint density at radius 3 is 1.89 bits per heavy atom. The van der Waals surface area contributed by atoms with Gasteiger partial charge in [0.1, 0.15) is 12.6 Å². The molecule has 2 heterocycles. The number of nitrogens with one attached hydrogen (secondary N) is 2. The van der Waals surface area contributed by atoms with Crippen LogP contribution in [0, 0.1) is 0 Å². The lowest BCUT2D eigenvalue weighted by atomic mass is 9.79. The van der Waals surface area contributed by atoms with Crippen LogP contribution in [0.3, 0.4) is 0 Å². The Bertz CT molecular complexity index is 2610. The van der Waals surface area contributed by atoms with Crippen molar-refractivity contribution in [3.8, 4) is 0 Å². The molecular weight excluding hydrogens is 785 g/mol. The van der Waals surface area contributed by atoms with Crippen molar-refractivity contribution < 1.29 is 43.6 Å². The van der Waals surface area contributed by atoms with Gasteiger partial charge in [-0.05, 0) is 66.1 Å². The number of fused-ring (bicyclic) bond motifs is 6. The molecule has 2 aliphatic heterocycles. The number of nitrogens with zero attached hydrogens (tertiary/aromatic N) is 2. The predicted octanol–water partition coefficient (Wildman–Crippen LogP) is 7.21. The molecule has 0 fully saturated rings. The standard InChI is InChI=1S/C50H52N4O8/c1-32(12-10-18-41-49(2,3)47-37-16-8-6-14-33(37)20-22-39(47)53(41)26-24-43(57)51-35(30-55)28-45(59)60)13-11-19-42-50(4,5)48-38-17-9-7-15-34(38)21-23-40(48)54(42)27-25-44(58)52-36(31-56)29-46(61)62/h6-23,30-31,35-36H,24-29H2,1-5H3,(H3-,51,52,57,58,59,60,61,62)/p+1. The van der Waals surface area contributed by atoms with Crippen LogP contribution in [-0.2, 0) is 39.6 Å². The first-order chi connectivity index (χ1) is 29.6. The van der Waals surface area contributed by atoms with Crippen molar-refractivity contribution in [1.29, 1.82) is 0 Å². The highest BCUT2D eigenvalue weighted by atomic mass is 16.4. The molecule has 0 spiro atoms. The molecule has 0 saturated carbocycles. The Morgan fingerprint density at radius 2 is 1.29 bits per heavy atom. The summed E-state index contributed by atoms with van der Waals surface area (Å²) in [5, 5.41) is 27.8. The Hall–Kier alpha value is -6.95. The lowest BCUT2D eigenvalue weighted by Crippen LogP contribution is -2.39. The van der Waals surface area contributed by atoms with E-state index in [0.717, 1.165) is 61.0 Å². The Morgan fingerprint density at radius 1 is 0.726 bits per heavy atom. The number of allylic oxidation sites excluding steroid dienone is 8. The lowest BCUT2D eigenvalue weighted by Gasteiger charge is -2.27. The average molecular weight is 838 g/mol. The van der Waals surface area contributed by atoms with Crippen molar-refractivity contribution in [2.75, 3.05) is 18.0 Å². The monoisotopic (exact) mass is 837 g/mol. The summed E-state index contributed by atoms with van der Waals surface area (Å²) < 4.78 is 2.12. The fourth-order valence-corrected chi connectivity index (χ4v) is 8.82. The van der Waals surface area contributed by atoms with Crippen molar-refractivity contribution in [3.05, 3.63) is 132 Å². The van der Waals surface area contributed by atoms with Crippen molar-refractivity contribution in [1.82, 2.24) is 10.6 Å². The van der Waals surface area contributed by atoms with Gasteiger partial charge < -0.3 is 35.3 Å². The van der Waals surface area contributed by atoms with Gasteiger partial charge in [-0.1, -0.05) is 98.3 Å². The van der Waals surface area contributed by atoms with Gasteiger partial charge in [0.05, 0.1) is 36.8 Å². The molecule has 0 aliphatic carbocycles. The molecular formula is C50H53N4O8+. The molecule has 4 N–H and O–H groups in total. The van der Waals surface area contributed by atoms with E-state index in [4.69, 9.17) is 10.2 Å². The second-order valence-electron chi connectivity index (χ2n) is 16.8. The van der Waals surface area contributed by atoms with E-state index in [2.05, 4.69) is 108 Å². The van der Waals surface area contributed by atoms with Gasteiger partial charge in [0, 0.05) is 47.5 Å². The molecule has 4 aromatic carbocycles. The second-order valence-corrected chi connectivity index (χ2v) is 16.8. The number of amides is 2. The molecule has 0 aromatic heterocycles. The minimum atomic E-state index is -1.17. The molecule has 2 atom stereocenters. The van der Waals surface area contributed by atoms with Gasteiger partial charge in [-0.15, -0.1) is 0 Å². The normalized spacial score (nSPS) is 17.1. The van der Waals surface area contributed by atoms with E-state index >= 15 is 0 Å². The van der Waals surface area contributed by atoms with E-state index in [9.17, 15) is 28.8 Å². The summed E-state index contributed by atoms with van der Waals surface area (Å²) in [7, 11) is 0. The number of carboxylic acids is 2. The van der Waals surface area contributed by atoms with Gasteiger partial charge in [0.15, 0.2) is 12.3 Å². The summed E-state index contributed by atoms with van der Waals surface area (Å²) >= 11 is 0. The molecule has 62 heavy (non-hydrogen) atoms. The van der Waals surface area contributed by atoms with Crippen molar-refractivity contribution in [2.45, 2.75) is 83.2 Å². The summed E-state index contributed by atoms with van der Waals surface area (Å²) in [5.74, 6) is -3.18. The highest BCUT2D eigenvalue weighted by Crippen LogP contribution is 2.51. The van der Waals surface area contributed by atoms with Crippen LogP contribution < -0.4 is 15.5 Å². The van der Waals surface area contributed by atoms with E-state index in [1.165, 1.54) is 0 Å². The minimum Gasteiger partial charge on any atom is -0.481 e. The molecule has 0 saturated heterocycles. The number of hydrogen-bond donors (Lipinski definition) is 4. The Kier molecular flexibility index (Phi) is 13.5. The summed E-state index contributed by atoms with van der Waals surface area (Å²) in [6.45, 7) is 11.2. The van der Waals surface area contributed by atoms with E-state index in [-0.39, 0.29) is 12.8 Å². The number of aliphatic carboxylic acids is 2. The zero-order valence-corrected chi connectivity index (χ0v) is 35.7. The van der Waals surface area contributed by atoms with Crippen LogP contribution in [-0.4, -0.2) is 82.0 Å². The van der Waals surface area contributed by atoms with Crippen molar-refractivity contribution in [2.24, 2.45) is 0 Å². The highest BCUT2D eigenvalue weighted by molar-refractivity contribution is 6.08. The minimum absolute atomic E-state index is 0.0393. The number of hydrogen-bond acceptors (Lipinski definition) is 7. The van der Waals surface area contributed by atoms with E-state index < -0.39 is 59.5 Å². The van der Waals surface area contributed by atoms with Crippen molar-refractivity contribution in [3.63, 3.8) is 0 Å². The van der Waals surface area contributed by atoms with Crippen molar-refractivity contribution >= 4 is 75.0 Å². The van der Waals surface area contributed by atoms with Gasteiger partial charge in [0.2, 0.25) is 17.5 Å². The van der Waals surface area contributed by atoms with Crippen LogP contribution in [0.15, 0.2) is 121 Å². The van der Waals surface area contributed by atoms with E-state index in [1.807, 2.05) is 55.5 Å². The number of aldehydes is 2. The third-order valence-corrected chi connectivity index (χ3v) is 11.7. The molecule has 0 bridgehead atoms. The molecule has 2 amide bonds. The molecule has 12 heteroatoms. The number of carboxylic acid groups (broad SMARTS) is 2. The van der Waals surface area contributed by atoms with Gasteiger partial charge in [-0.3, -0.25) is 19.2 Å². The highest BCUT2D eigenvalue weighted by Gasteiger charge is 2.46. The van der Waals surface area contributed by atoms with Crippen LogP contribution in [0.1, 0.15) is 71.4 Å². The van der Waals surface area contributed by atoms with Crippen LogP contribution in [0.2, 0.25) is 0 Å². The lowest BCUT2D eigenvalue weighted by molar-refractivity contribution is -0.436. The number of carbonyl (C=O) groups excluding carboxylic acids is 4. The summed E-state index contributed by atoms with van der Waals surface area (Å²) in [6.07, 6.45) is 12.1. The fraction of sp³-hybridized carbons (Fsp3) is 0.300. The first-order valence-corrected chi connectivity index (χ1v) is 20.7. The third-order valence-electron chi connectivity index (χ3n) is 11.7. The molecule has 12 nitrogen and oxygen atoms in total. The number of rotatable bonds is 18. The first kappa shape index (κ1) is 44.6. The van der Waals surface area contributed by atoms with Gasteiger partial charge >= 0.3 is 11.9 Å². The van der Waals surface area contributed by atoms with E-state index in [1.54, 1.807) is 0 Å². The molecule has 2 unspecified atom stereocenters. The van der Waals surface area contributed by atoms with Crippen LogP contribution in [0.4, 0.5) is 11.4 Å². The molecule has 320 valence electrons. The molecule has 4 aromatic rings. The van der Waals surface area contributed by atoms with Crippen LogP contribution in [0.5, 0.6) is 0 Å². The molecule has 6 rings (SSSR count). The number of carbonyl (C=O) groups is 6. The topological polar surface area (TPSA) is 173 Å². The van der Waals surface area contributed by atoms with Gasteiger partial charge in [-0.2, -0.15) is 4.58 Å². The summed E-state index contributed by atoms with van der Waals surface area (Å²) in [4.78, 5) is 73.4. The first-order valence-electron chi connectivity index (χ1n) is 20.7. The predicted molar refractivity (Wildman–Crippen MR) is 241 cm³/mol. The van der Waals surface area contributed by atoms with E-state index in [0.29, 0.717) is 25.7 Å². The maximum atomic E-state index is 13.0. The Labute approximate surface area is 361 Å². The van der Waals surface area contributed by atoms with Gasteiger partial charge in [-0.25, -0.2) is 0 Å². The Balaban J connectivity index is 1.28. The van der Waals surface area contributed by atoms with Gasteiger partial charge in [0.25, 0.3) is 0 Å². The SMILES string of the molecule is CC(/C=C/C=C1/N(CCC(=O)NC(C=O)CC(=O)O)c2ccc3ccccc3c2C1(C)C)=C\C=C\C1=[N+](CCC(=O)NC(C=O)CC(=O)O)c2ccc3ccccc3c2C1(C)C. The van der Waals surface area contributed by atoms with Crippen LogP contribution >= 0.6 is 0 Å². The maximum Gasteiger partial charge on any atom is 0.305 e. The zero-order valence-electron chi connectivity index (χ0n) is 35.7. The second kappa shape index (κ2) is 18.8. The number of benzene rings is 4. The summed E-state index contributed by atoms with van der Waals surface area (Å²) in [5.41, 5.74) is 6.25. The number of anilines is 1. The zero-order chi connectivity index (χ0) is 44.8. The smallest absolute Gasteiger partial charge is 0.305 e. The molecule has 0 radical (unpaired) electrons. The average Bonchev–Trinajstić information content (AvgIpc) is 3.59. The van der Waals surface area contributed by atoms with Crippen LogP contribution in [0.25, 0.3) is 21.5 Å². The molecule has 2 aliphatic rings. The maximum absolute atomic E-state index is 13.0. The third kappa shape index (κ3) is 9.49. The quantitative estimate of drug-likeness (QED) is 0.0459. The fourth-order valence-electron chi connectivity index (χ4n) is 8.82.